The summed E-state index contributed by atoms with van der Waals surface area (Å²) in [6, 6.07) is 1.92. The van der Waals surface area contributed by atoms with Gasteiger partial charge in [0.05, 0.1) is 11.8 Å². The van der Waals surface area contributed by atoms with E-state index in [0.717, 1.165) is 48.4 Å². The molecule has 1 aliphatic heterocycles. The first-order chi connectivity index (χ1) is 8.86. The molecule has 5 nitrogen and oxygen atoms in total. The van der Waals surface area contributed by atoms with E-state index in [4.69, 9.17) is 4.42 Å². The molecule has 1 saturated heterocycles. The van der Waals surface area contributed by atoms with Gasteiger partial charge >= 0.3 is 0 Å². The van der Waals surface area contributed by atoms with Crippen LogP contribution in [0, 0.1) is 0 Å². The third-order valence-corrected chi connectivity index (χ3v) is 4.31. The van der Waals surface area contributed by atoms with E-state index in [9.17, 15) is 0 Å². The Balaban J connectivity index is 1.71. The van der Waals surface area contributed by atoms with Crippen LogP contribution in [0.1, 0.15) is 6.92 Å². The molecule has 2 aromatic rings. The van der Waals surface area contributed by atoms with Crippen molar-refractivity contribution in [3.63, 3.8) is 0 Å². The molecule has 6 heteroatoms. The first-order valence-corrected chi connectivity index (χ1v) is 7.02. The average Bonchev–Trinajstić information content (AvgIpc) is 3.09. The maximum absolute atomic E-state index is 5.07. The molecule has 0 atom stereocenters. The highest BCUT2D eigenvalue weighted by Crippen LogP contribution is 2.29. The molecule has 0 radical (unpaired) electrons. The van der Waals surface area contributed by atoms with Crippen LogP contribution < -0.4 is 4.90 Å². The van der Waals surface area contributed by atoms with Crippen LogP contribution in [-0.2, 0) is 0 Å². The van der Waals surface area contributed by atoms with Crippen molar-refractivity contribution in [3.8, 4) is 10.6 Å². The summed E-state index contributed by atoms with van der Waals surface area (Å²) in [7, 11) is 0. The zero-order valence-electron chi connectivity index (χ0n) is 10.4. The van der Waals surface area contributed by atoms with E-state index in [2.05, 4.69) is 26.9 Å². The lowest BCUT2D eigenvalue weighted by atomic mass is 10.3. The van der Waals surface area contributed by atoms with Gasteiger partial charge in [-0.1, -0.05) is 18.3 Å². The molecule has 0 spiro atoms. The van der Waals surface area contributed by atoms with Crippen molar-refractivity contribution in [2.45, 2.75) is 6.92 Å². The van der Waals surface area contributed by atoms with Gasteiger partial charge in [-0.05, 0) is 12.6 Å². The summed E-state index contributed by atoms with van der Waals surface area (Å²) >= 11 is 1.63. The highest BCUT2D eigenvalue weighted by molar-refractivity contribution is 7.18. The summed E-state index contributed by atoms with van der Waals surface area (Å²) in [6.07, 6.45) is 3.37. The van der Waals surface area contributed by atoms with Gasteiger partial charge in [-0.2, -0.15) is 0 Å². The van der Waals surface area contributed by atoms with Crippen molar-refractivity contribution in [1.82, 2.24) is 15.1 Å². The SMILES string of the molecule is CCN1CCN(c2nnc(-c3ccoc3)s2)CC1. The minimum atomic E-state index is 0.927. The molecule has 3 heterocycles. The summed E-state index contributed by atoms with van der Waals surface area (Å²) in [5.74, 6) is 0. The second-order valence-corrected chi connectivity index (χ2v) is 5.28. The quantitative estimate of drug-likeness (QED) is 0.847. The van der Waals surface area contributed by atoms with E-state index >= 15 is 0 Å². The molecular weight excluding hydrogens is 248 g/mol. The van der Waals surface area contributed by atoms with Gasteiger partial charge in [0.15, 0.2) is 5.01 Å². The standard InChI is InChI=1S/C12H16N4OS/c1-2-15-4-6-16(7-5-15)12-14-13-11(18-12)10-3-8-17-9-10/h3,8-9H,2,4-7H2,1H3. The lowest BCUT2D eigenvalue weighted by Crippen LogP contribution is -2.46. The molecule has 3 rings (SSSR count). The van der Waals surface area contributed by atoms with E-state index in [1.165, 1.54) is 0 Å². The minimum absolute atomic E-state index is 0.927. The van der Waals surface area contributed by atoms with Crippen LogP contribution in [0.5, 0.6) is 0 Å². The van der Waals surface area contributed by atoms with Gasteiger partial charge < -0.3 is 14.2 Å². The van der Waals surface area contributed by atoms with Gasteiger partial charge in [-0.3, -0.25) is 0 Å². The van der Waals surface area contributed by atoms with Crippen molar-refractivity contribution >= 4 is 16.5 Å². The van der Waals surface area contributed by atoms with Crippen LogP contribution in [0.15, 0.2) is 23.0 Å². The van der Waals surface area contributed by atoms with E-state index < -0.39 is 0 Å². The van der Waals surface area contributed by atoms with Crippen LogP contribution in [0.4, 0.5) is 5.13 Å². The van der Waals surface area contributed by atoms with Gasteiger partial charge in [-0.25, -0.2) is 0 Å². The van der Waals surface area contributed by atoms with Crippen LogP contribution in [0.3, 0.4) is 0 Å². The Kier molecular flexibility index (Phi) is 3.29. The largest absolute Gasteiger partial charge is 0.472 e. The fraction of sp³-hybridized carbons (Fsp3) is 0.500. The monoisotopic (exact) mass is 264 g/mol. The van der Waals surface area contributed by atoms with Crippen molar-refractivity contribution in [3.05, 3.63) is 18.6 Å². The fourth-order valence-electron chi connectivity index (χ4n) is 2.10. The molecule has 2 aromatic heterocycles. The summed E-state index contributed by atoms with van der Waals surface area (Å²) < 4.78 is 5.07. The van der Waals surface area contributed by atoms with Gasteiger partial charge in [0.2, 0.25) is 5.13 Å². The topological polar surface area (TPSA) is 45.4 Å². The Bertz CT molecular complexity index is 488. The first kappa shape index (κ1) is 11.7. The van der Waals surface area contributed by atoms with E-state index in [0.29, 0.717) is 0 Å². The molecule has 0 bridgehead atoms. The molecule has 0 amide bonds. The van der Waals surface area contributed by atoms with E-state index in [-0.39, 0.29) is 0 Å². The third kappa shape index (κ3) is 2.26. The van der Waals surface area contributed by atoms with Crippen LogP contribution in [-0.4, -0.2) is 47.8 Å². The molecular formula is C12H16N4OS. The number of aromatic nitrogens is 2. The Morgan fingerprint density at radius 2 is 2.11 bits per heavy atom. The number of hydrogen-bond acceptors (Lipinski definition) is 6. The smallest absolute Gasteiger partial charge is 0.208 e. The van der Waals surface area contributed by atoms with Crippen molar-refractivity contribution in [1.29, 1.82) is 0 Å². The Hall–Kier alpha value is -1.40. The summed E-state index contributed by atoms with van der Waals surface area (Å²) in [5.41, 5.74) is 1.01. The molecule has 0 unspecified atom stereocenters. The summed E-state index contributed by atoms with van der Waals surface area (Å²) in [6.45, 7) is 7.62. The third-order valence-electron chi connectivity index (χ3n) is 3.27. The summed E-state index contributed by atoms with van der Waals surface area (Å²) in [5, 5.41) is 10.5. The highest BCUT2D eigenvalue weighted by atomic mass is 32.1. The van der Waals surface area contributed by atoms with Crippen LogP contribution >= 0.6 is 11.3 Å². The van der Waals surface area contributed by atoms with Gasteiger partial charge in [0.25, 0.3) is 0 Å². The zero-order chi connectivity index (χ0) is 12.4. The molecule has 0 saturated carbocycles. The zero-order valence-corrected chi connectivity index (χ0v) is 11.2. The lowest BCUT2D eigenvalue weighted by molar-refractivity contribution is 0.271. The molecule has 0 aromatic carbocycles. The van der Waals surface area contributed by atoms with Gasteiger partial charge in [-0.15, -0.1) is 10.2 Å². The predicted molar refractivity (Wildman–Crippen MR) is 71.9 cm³/mol. The second kappa shape index (κ2) is 5.07. The van der Waals surface area contributed by atoms with Crippen molar-refractivity contribution < 1.29 is 4.42 Å². The molecule has 96 valence electrons. The number of nitrogens with zero attached hydrogens (tertiary/aromatic N) is 4. The average molecular weight is 264 g/mol. The lowest BCUT2D eigenvalue weighted by Gasteiger charge is -2.33. The second-order valence-electron chi connectivity index (χ2n) is 4.32. The van der Waals surface area contributed by atoms with Gasteiger partial charge in [0.1, 0.15) is 6.26 Å². The molecule has 1 aliphatic rings. The highest BCUT2D eigenvalue weighted by Gasteiger charge is 2.19. The summed E-state index contributed by atoms with van der Waals surface area (Å²) in [4.78, 5) is 4.77. The Labute approximate surface area is 110 Å². The molecule has 0 N–H and O–H groups in total. The number of furan rings is 1. The first-order valence-electron chi connectivity index (χ1n) is 6.20. The van der Waals surface area contributed by atoms with Crippen LogP contribution in [0.25, 0.3) is 10.6 Å². The van der Waals surface area contributed by atoms with E-state index in [1.807, 2.05) is 6.07 Å². The Morgan fingerprint density at radius 1 is 1.28 bits per heavy atom. The normalized spacial score (nSPS) is 17.3. The minimum Gasteiger partial charge on any atom is -0.472 e. The molecule has 18 heavy (non-hydrogen) atoms. The maximum Gasteiger partial charge on any atom is 0.208 e. The van der Waals surface area contributed by atoms with E-state index in [1.54, 1.807) is 23.9 Å². The number of likely N-dealkylation sites (N-methyl/N-ethyl adjacent to an activating group) is 1. The van der Waals surface area contributed by atoms with Crippen molar-refractivity contribution in [2.24, 2.45) is 0 Å². The van der Waals surface area contributed by atoms with Crippen LogP contribution in [0.2, 0.25) is 0 Å². The number of anilines is 1. The number of hydrogen-bond donors (Lipinski definition) is 0. The predicted octanol–water partition coefficient (Wildman–Crippen LogP) is 1.94. The number of piperazine rings is 1. The Morgan fingerprint density at radius 3 is 2.78 bits per heavy atom. The van der Waals surface area contributed by atoms with Crippen molar-refractivity contribution in [2.75, 3.05) is 37.6 Å². The molecule has 1 fully saturated rings. The maximum atomic E-state index is 5.07. The fourth-order valence-corrected chi connectivity index (χ4v) is 2.98. The number of rotatable bonds is 3. The molecule has 0 aliphatic carbocycles. The van der Waals surface area contributed by atoms with Gasteiger partial charge in [0, 0.05) is 26.2 Å².